The molecule has 0 radical (unpaired) electrons. The molecule has 0 bridgehead atoms. The molecule has 0 heterocycles. The number of hydrogen-bond donors (Lipinski definition) is 1. The molecule has 0 aliphatic heterocycles. The summed E-state index contributed by atoms with van der Waals surface area (Å²) in [5.41, 5.74) is 2.94. The Morgan fingerprint density at radius 1 is 0.952 bits per heavy atom. The highest BCUT2D eigenvalue weighted by atomic mass is 16.4. The molecule has 0 saturated heterocycles. The van der Waals surface area contributed by atoms with Crippen LogP contribution < -0.4 is 0 Å². The molecule has 2 nitrogen and oxygen atoms in total. The number of benzene rings is 2. The van der Waals surface area contributed by atoms with E-state index in [0.29, 0.717) is 17.4 Å². The van der Waals surface area contributed by atoms with Gasteiger partial charge in [-0.25, -0.2) is 4.79 Å². The number of aromatic carboxylic acids is 1. The third-order valence-electron chi connectivity index (χ3n) is 3.70. The Hall–Kier alpha value is -1.83. The fraction of sp³-hybridized carbons (Fsp3) is 0.421. The second-order valence-corrected chi connectivity index (χ2v) is 6.61. The predicted molar refractivity (Wildman–Crippen MR) is 88.0 cm³/mol. The number of carbonyl (C=O) groups is 1. The molecule has 2 heteroatoms. The second-order valence-electron chi connectivity index (χ2n) is 6.61. The standard InChI is InChI=1S/C19H24O2/c1-12(2)10-14-6-5-7-16-17(19(20)21)9-8-15(18(14)16)11-13(3)4/h5-9,12-13H,10-11H2,1-4H3,(H,20,21). The van der Waals surface area contributed by atoms with Crippen LogP contribution in [0.4, 0.5) is 0 Å². The number of fused-ring (bicyclic) bond motifs is 1. The molecular formula is C19H24O2. The molecule has 0 unspecified atom stereocenters. The van der Waals surface area contributed by atoms with E-state index in [-0.39, 0.29) is 0 Å². The monoisotopic (exact) mass is 284 g/mol. The molecule has 2 aromatic carbocycles. The molecule has 21 heavy (non-hydrogen) atoms. The number of hydrogen-bond acceptors (Lipinski definition) is 1. The molecule has 0 aliphatic rings. The van der Waals surface area contributed by atoms with Crippen molar-refractivity contribution in [3.63, 3.8) is 0 Å². The van der Waals surface area contributed by atoms with Gasteiger partial charge in [-0.1, -0.05) is 52.0 Å². The first kappa shape index (κ1) is 15.6. The summed E-state index contributed by atoms with van der Waals surface area (Å²) in [6.07, 6.45) is 1.96. The Bertz CT molecular complexity index is 638. The fourth-order valence-electron chi connectivity index (χ4n) is 2.97. The van der Waals surface area contributed by atoms with Crippen molar-refractivity contribution in [2.75, 3.05) is 0 Å². The molecule has 0 spiro atoms. The van der Waals surface area contributed by atoms with Gasteiger partial charge in [-0.05, 0) is 52.6 Å². The quantitative estimate of drug-likeness (QED) is 0.844. The Morgan fingerprint density at radius 3 is 2.05 bits per heavy atom. The van der Waals surface area contributed by atoms with Crippen LogP contribution in [0.3, 0.4) is 0 Å². The normalized spacial score (nSPS) is 11.5. The van der Waals surface area contributed by atoms with E-state index in [1.165, 1.54) is 11.1 Å². The smallest absolute Gasteiger partial charge is 0.336 e. The molecule has 2 aromatic rings. The molecular weight excluding hydrogens is 260 g/mol. The van der Waals surface area contributed by atoms with Crippen LogP contribution in [0.2, 0.25) is 0 Å². The Labute approximate surface area is 126 Å². The van der Waals surface area contributed by atoms with Crippen molar-refractivity contribution in [3.05, 3.63) is 47.0 Å². The topological polar surface area (TPSA) is 37.3 Å². The molecule has 0 saturated carbocycles. The van der Waals surface area contributed by atoms with Crippen molar-refractivity contribution in [2.45, 2.75) is 40.5 Å². The van der Waals surface area contributed by atoms with E-state index in [1.54, 1.807) is 6.07 Å². The summed E-state index contributed by atoms with van der Waals surface area (Å²) in [4.78, 5) is 11.5. The van der Waals surface area contributed by atoms with Crippen molar-refractivity contribution in [3.8, 4) is 0 Å². The Balaban J connectivity index is 2.73. The van der Waals surface area contributed by atoms with Gasteiger partial charge in [0.05, 0.1) is 5.56 Å². The maximum Gasteiger partial charge on any atom is 0.336 e. The van der Waals surface area contributed by atoms with Crippen molar-refractivity contribution in [2.24, 2.45) is 11.8 Å². The van der Waals surface area contributed by atoms with Gasteiger partial charge >= 0.3 is 5.97 Å². The molecule has 2 rings (SSSR count). The lowest BCUT2D eigenvalue weighted by atomic mass is 9.88. The van der Waals surface area contributed by atoms with E-state index in [0.717, 1.165) is 23.6 Å². The van der Waals surface area contributed by atoms with Crippen LogP contribution in [0, 0.1) is 11.8 Å². The van der Waals surface area contributed by atoms with Crippen LogP contribution >= 0.6 is 0 Å². The van der Waals surface area contributed by atoms with E-state index in [1.807, 2.05) is 18.2 Å². The minimum atomic E-state index is -0.849. The molecule has 112 valence electrons. The van der Waals surface area contributed by atoms with E-state index < -0.39 is 5.97 Å². The van der Waals surface area contributed by atoms with E-state index in [2.05, 4.69) is 33.8 Å². The largest absolute Gasteiger partial charge is 0.478 e. The van der Waals surface area contributed by atoms with Crippen LogP contribution in [0.15, 0.2) is 30.3 Å². The highest BCUT2D eigenvalue weighted by Crippen LogP contribution is 2.29. The summed E-state index contributed by atoms with van der Waals surface area (Å²) in [7, 11) is 0. The zero-order valence-electron chi connectivity index (χ0n) is 13.3. The Kier molecular flexibility index (Phi) is 4.66. The highest BCUT2D eigenvalue weighted by molar-refractivity contribution is 6.05. The lowest BCUT2D eigenvalue weighted by Gasteiger charge is -2.16. The fourth-order valence-corrected chi connectivity index (χ4v) is 2.97. The van der Waals surface area contributed by atoms with Crippen LogP contribution in [0.1, 0.15) is 49.2 Å². The second kappa shape index (κ2) is 6.30. The minimum Gasteiger partial charge on any atom is -0.478 e. The molecule has 0 fully saturated rings. The van der Waals surface area contributed by atoms with Crippen LogP contribution in [0.25, 0.3) is 10.8 Å². The van der Waals surface area contributed by atoms with Gasteiger partial charge in [0.15, 0.2) is 0 Å². The average Bonchev–Trinajstić information content (AvgIpc) is 2.37. The molecule has 0 amide bonds. The lowest BCUT2D eigenvalue weighted by molar-refractivity contribution is 0.0699. The Morgan fingerprint density at radius 2 is 1.52 bits per heavy atom. The number of rotatable bonds is 5. The van der Waals surface area contributed by atoms with Gasteiger partial charge in [-0.15, -0.1) is 0 Å². The summed E-state index contributed by atoms with van der Waals surface area (Å²) >= 11 is 0. The lowest BCUT2D eigenvalue weighted by Crippen LogP contribution is -2.04. The summed E-state index contributed by atoms with van der Waals surface area (Å²) in [6, 6.07) is 9.80. The molecule has 0 aromatic heterocycles. The van der Waals surface area contributed by atoms with Gasteiger partial charge in [-0.2, -0.15) is 0 Å². The van der Waals surface area contributed by atoms with Crippen molar-refractivity contribution >= 4 is 16.7 Å². The van der Waals surface area contributed by atoms with E-state index >= 15 is 0 Å². The number of carboxylic acids is 1. The maximum atomic E-state index is 11.5. The van der Waals surface area contributed by atoms with Crippen molar-refractivity contribution in [1.29, 1.82) is 0 Å². The van der Waals surface area contributed by atoms with Gasteiger partial charge in [-0.3, -0.25) is 0 Å². The average molecular weight is 284 g/mol. The van der Waals surface area contributed by atoms with Gasteiger partial charge in [0.1, 0.15) is 0 Å². The first-order valence-electron chi connectivity index (χ1n) is 7.67. The summed E-state index contributed by atoms with van der Waals surface area (Å²) in [6.45, 7) is 8.79. The van der Waals surface area contributed by atoms with Crippen molar-refractivity contribution in [1.82, 2.24) is 0 Å². The maximum absolute atomic E-state index is 11.5. The van der Waals surface area contributed by atoms with E-state index in [9.17, 15) is 9.90 Å². The van der Waals surface area contributed by atoms with Crippen LogP contribution in [0.5, 0.6) is 0 Å². The van der Waals surface area contributed by atoms with Gasteiger partial charge in [0.2, 0.25) is 0 Å². The first-order valence-corrected chi connectivity index (χ1v) is 7.67. The third kappa shape index (κ3) is 3.44. The van der Waals surface area contributed by atoms with Crippen molar-refractivity contribution < 1.29 is 9.90 Å². The van der Waals surface area contributed by atoms with Crippen LogP contribution in [-0.2, 0) is 12.8 Å². The van der Waals surface area contributed by atoms with Gasteiger partial charge in [0, 0.05) is 0 Å². The summed E-state index contributed by atoms with van der Waals surface area (Å²) < 4.78 is 0. The molecule has 0 atom stereocenters. The summed E-state index contributed by atoms with van der Waals surface area (Å²) in [5.74, 6) is 0.254. The zero-order valence-corrected chi connectivity index (χ0v) is 13.3. The highest BCUT2D eigenvalue weighted by Gasteiger charge is 2.15. The SMILES string of the molecule is CC(C)Cc1cccc2c(C(=O)O)ccc(CC(C)C)c12. The first-order chi connectivity index (χ1) is 9.90. The third-order valence-corrected chi connectivity index (χ3v) is 3.70. The van der Waals surface area contributed by atoms with Gasteiger partial charge in [0.25, 0.3) is 0 Å². The summed E-state index contributed by atoms with van der Waals surface area (Å²) in [5, 5.41) is 11.5. The minimum absolute atomic E-state index is 0.406. The molecule has 0 aliphatic carbocycles. The predicted octanol–water partition coefficient (Wildman–Crippen LogP) is 4.94. The van der Waals surface area contributed by atoms with E-state index in [4.69, 9.17) is 0 Å². The zero-order chi connectivity index (χ0) is 15.6. The van der Waals surface area contributed by atoms with Gasteiger partial charge < -0.3 is 5.11 Å². The number of carboxylic acid groups (broad SMARTS) is 1. The van der Waals surface area contributed by atoms with Crippen LogP contribution in [-0.4, -0.2) is 11.1 Å². The molecule has 1 N–H and O–H groups in total.